The van der Waals surface area contributed by atoms with Crippen LogP contribution in [0.3, 0.4) is 0 Å². The number of para-hydroxylation sites is 1. The highest BCUT2D eigenvalue weighted by atomic mass is 19.1. The van der Waals surface area contributed by atoms with Gasteiger partial charge in [-0.25, -0.2) is 10.2 Å². The van der Waals surface area contributed by atoms with Crippen LogP contribution in [-0.4, -0.2) is 10.5 Å². The van der Waals surface area contributed by atoms with Crippen molar-refractivity contribution in [3.63, 3.8) is 0 Å². The van der Waals surface area contributed by atoms with Gasteiger partial charge in [0.1, 0.15) is 5.82 Å². The van der Waals surface area contributed by atoms with E-state index in [0.717, 1.165) is 16.5 Å². The first kappa shape index (κ1) is 13.3. The third kappa shape index (κ3) is 2.51. The minimum Gasteiger partial charge on any atom is -0.342 e. The lowest BCUT2D eigenvalue weighted by Crippen LogP contribution is -2.29. The van der Waals surface area contributed by atoms with Crippen molar-refractivity contribution in [1.82, 2.24) is 9.99 Å². The van der Waals surface area contributed by atoms with Gasteiger partial charge >= 0.3 is 0 Å². The lowest BCUT2D eigenvalue weighted by Gasteiger charge is -2.05. The average Bonchev–Trinajstić information content (AvgIpc) is 2.86. The minimum atomic E-state index is -0.343. The lowest BCUT2D eigenvalue weighted by molar-refractivity contribution is 0.0955. The molecule has 0 atom stereocenters. The Kier molecular flexibility index (Phi) is 3.41. The van der Waals surface area contributed by atoms with E-state index in [9.17, 15) is 9.18 Å². The predicted molar refractivity (Wildman–Crippen MR) is 79.1 cm³/mol. The maximum absolute atomic E-state index is 13.3. The number of carbonyl (C=O) groups is 1. The van der Waals surface area contributed by atoms with Crippen LogP contribution < -0.4 is 11.3 Å². The number of aromatic nitrogens is 1. The molecule has 0 saturated carbocycles. The van der Waals surface area contributed by atoms with Crippen LogP contribution in [0, 0.1) is 5.82 Å². The number of nitrogen functional groups attached to an aromatic ring is 1. The fourth-order valence-electron chi connectivity index (χ4n) is 2.47. The number of benzene rings is 2. The maximum Gasteiger partial charge on any atom is 0.267 e. The summed E-state index contributed by atoms with van der Waals surface area (Å²) in [4.78, 5) is 11.8. The van der Waals surface area contributed by atoms with Gasteiger partial charge in [0.25, 0.3) is 5.91 Å². The topological polar surface area (TPSA) is 60.0 Å². The first-order valence-electron chi connectivity index (χ1n) is 6.52. The Morgan fingerprint density at radius 3 is 2.76 bits per heavy atom. The molecule has 0 unspecified atom stereocenters. The fraction of sp³-hybridized carbons (Fsp3) is 0.0625. The molecule has 3 N–H and O–H groups in total. The fourth-order valence-corrected chi connectivity index (χ4v) is 2.47. The molecular weight excluding hydrogens is 269 g/mol. The summed E-state index contributed by atoms with van der Waals surface area (Å²) in [7, 11) is 0. The van der Waals surface area contributed by atoms with Crippen molar-refractivity contribution in [3.05, 3.63) is 71.7 Å². The van der Waals surface area contributed by atoms with Gasteiger partial charge in [0.05, 0.1) is 5.56 Å². The van der Waals surface area contributed by atoms with E-state index in [0.29, 0.717) is 12.1 Å². The summed E-state index contributed by atoms with van der Waals surface area (Å²) in [6.45, 7) is 0.482. The number of hydrogen-bond acceptors (Lipinski definition) is 2. The van der Waals surface area contributed by atoms with E-state index in [-0.39, 0.29) is 11.7 Å². The van der Waals surface area contributed by atoms with Gasteiger partial charge in [-0.05, 0) is 23.8 Å². The quantitative estimate of drug-likeness (QED) is 0.440. The third-order valence-electron chi connectivity index (χ3n) is 3.41. The number of nitrogens with zero attached hydrogens (tertiary/aromatic N) is 1. The van der Waals surface area contributed by atoms with Crippen molar-refractivity contribution >= 4 is 16.8 Å². The standard InChI is InChI=1S/C16H14FN3O/c17-12-5-3-4-11(8-12)9-20-10-14(16(21)19-18)13-6-1-2-7-15(13)20/h1-8,10H,9,18H2,(H,19,21). The number of hydrogen-bond donors (Lipinski definition) is 2. The number of fused-ring (bicyclic) bond motifs is 1. The molecule has 1 aromatic heterocycles. The first-order chi connectivity index (χ1) is 10.2. The lowest BCUT2D eigenvalue weighted by atomic mass is 10.2. The smallest absolute Gasteiger partial charge is 0.267 e. The summed E-state index contributed by atoms with van der Waals surface area (Å²) in [6, 6.07) is 14.0. The van der Waals surface area contributed by atoms with Crippen molar-refractivity contribution in [1.29, 1.82) is 0 Å². The highest BCUT2D eigenvalue weighted by Crippen LogP contribution is 2.22. The van der Waals surface area contributed by atoms with Gasteiger partial charge in [-0.2, -0.15) is 0 Å². The Hall–Kier alpha value is -2.66. The van der Waals surface area contributed by atoms with Crippen LogP contribution in [0.15, 0.2) is 54.7 Å². The van der Waals surface area contributed by atoms with E-state index in [1.54, 1.807) is 12.3 Å². The Labute approximate surface area is 121 Å². The normalized spacial score (nSPS) is 10.8. The van der Waals surface area contributed by atoms with E-state index < -0.39 is 0 Å². The Bertz CT molecular complexity index is 810. The maximum atomic E-state index is 13.3. The van der Waals surface area contributed by atoms with Crippen LogP contribution >= 0.6 is 0 Å². The van der Waals surface area contributed by atoms with Gasteiger partial charge in [-0.15, -0.1) is 0 Å². The number of halogens is 1. The predicted octanol–water partition coefficient (Wildman–Crippen LogP) is 2.43. The molecule has 0 aliphatic heterocycles. The van der Waals surface area contributed by atoms with Gasteiger partial charge in [-0.1, -0.05) is 30.3 Å². The molecule has 0 saturated heterocycles. The molecule has 1 heterocycles. The Morgan fingerprint density at radius 1 is 1.19 bits per heavy atom. The average molecular weight is 283 g/mol. The third-order valence-corrected chi connectivity index (χ3v) is 3.41. The molecule has 1 amide bonds. The van der Waals surface area contributed by atoms with Crippen LogP contribution in [0.4, 0.5) is 4.39 Å². The second kappa shape index (κ2) is 5.38. The second-order valence-corrected chi connectivity index (χ2v) is 4.79. The zero-order valence-electron chi connectivity index (χ0n) is 11.2. The van der Waals surface area contributed by atoms with Crippen molar-refractivity contribution in [2.75, 3.05) is 0 Å². The van der Waals surface area contributed by atoms with Crippen molar-refractivity contribution in [3.8, 4) is 0 Å². The summed E-state index contributed by atoms with van der Waals surface area (Å²) < 4.78 is 15.2. The van der Waals surface area contributed by atoms with E-state index in [2.05, 4.69) is 5.43 Å². The highest BCUT2D eigenvalue weighted by molar-refractivity contribution is 6.06. The molecule has 3 aromatic rings. The van der Waals surface area contributed by atoms with Gasteiger partial charge < -0.3 is 4.57 Å². The summed E-state index contributed by atoms with van der Waals surface area (Å²) in [5.74, 6) is 4.60. The van der Waals surface area contributed by atoms with Gasteiger partial charge in [0.2, 0.25) is 0 Å². The molecule has 0 fully saturated rings. The largest absolute Gasteiger partial charge is 0.342 e. The number of amides is 1. The molecule has 0 radical (unpaired) electrons. The Balaban J connectivity index is 2.08. The SMILES string of the molecule is NNC(=O)c1cn(Cc2cccc(F)c2)c2ccccc12. The Morgan fingerprint density at radius 2 is 2.00 bits per heavy atom. The zero-order chi connectivity index (χ0) is 14.8. The van der Waals surface area contributed by atoms with Gasteiger partial charge in [0, 0.05) is 23.6 Å². The molecule has 21 heavy (non-hydrogen) atoms. The van der Waals surface area contributed by atoms with Crippen molar-refractivity contribution < 1.29 is 9.18 Å². The van der Waals surface area contributed by atoms with Gasteiger partial charge in [-0.3, -0.25) is 10.2 Å². The molecule has 5 heteroatoms. The van der Waals surface area contributed by atoms with Crippen LogP contribution in [0.2, 0.25) is 0 Å². The van der Waals surface area contributed by atoms with Crippen molar-refractivity contribution in [2.45, 2.75) is 6.54 Å². The molecule has 3 rings (SSSR count). The molecule has 106 valence electrons. The van der Waals surface area contributed by atoms with Gasteiger partial charge in [0.15, 0.2) is 0 Å². The summed E-state index contributed by atoms with van der Waals surface area (Å²) in [6.07, 6.45) is 1.73. The molecular formula is C16H14FN3O. The number of hydrazine groups is 1. The molecule has 0 aliphatic rings. The number of rotatable bonds is 3. The van der Waals surface area contributed by atoms with E-state index >= 15 is 0 Å². The highest BCUT2D eigenvalue weighted by Gasteiger charge is 2.13. The zero-order valence-corrected chi connectivity index (χ0v) is 11.2. The number of nitrogens with two attached hydrogens (primary N) is 1. The summed E-state index contributed by atoms with van der Waals surface area (Å²) >= 11 is 0. The number of carbonyl (C=O) groups excluding carboxylic acids is 1. The monoisotopic (exact) mass is 283 g/mol. The molecule has 0 aliphatic carbocycles. The molecule has 0 spiro atoms. The molecule has 0 bridgehead atoms. The molecule has 2 aromatic carbocycles. The number of nitrogens with one attached hydrogen (secondary N) is 1. The molecule has 4 nitrogen and oxygen atoms in total. The summed E-state index contributed by atoms with van der Waals surface area (Å²) in [5, 5.41) is 0.817. The van der Waals surface area contributed by atoms with E-state index in [4.69, 9.17) is 5.84 Å². The van der Waals surface area contributed by atoms with E-state index in [1.807, 2.05) is 34.9 Å². The minimum absolute atomic E-state index is 0.274. The van der Waals surface area contributed by atoms with Crippen LogP contribution in [-0.2, 0) is 6.54 Å². The van der Waals surface area contributed by atoms with Crippen LogP contribution in [0.1, 0.15) is 15.9 Å². The second-order valence-electron chi connectivity index (χ2n) is 4.79. The van der Waals surface area contributed by atoms with Crippen LogP contribution in [0.5, 0.6) is 0 Å². The van der Waals surface area contributed by atoms with Crippen LogP contribution in [0.25, 0.3) is 10.9 Å². The van der Waals surface area contributed by atoms with E-state index in [1.165, 1.54) is 12.1 Å². The first-order valence-corrected chi connectivity index (χ1v) is 6.52. The summed E-state index contributed by atoms with van der Waals surface area (Å²) in [5.41, 5.74) is 4.38. The van der Waals surface area contributed by atoms with Crippen molar-refractivity contribution in [2.24, 2.45) is 5.84 Å².